The van der Waals surface area contributed by atoms with E-state index < -0.39 is 11.9 Å². The van der Waals surface area contributed by atoms with Crippen molar-refractivity contribution in [3.63, 3.8) is 0 Å². The number of carboxylic acid groups (broad SMARTS) is 2. The Bertz CT molecular complexity index is 186. The molecule has 0 spiro atoms. The van der Waals surface area contributed by atoms with Gasteiger partial charge in [-0.3, -0.25) is 9.59 Å². The third-order valence-corrected chi connectivity index (χ3v) is 1.72. The minimum atomic E-state index is -0.884. The van der Waals surface area contributed by atoms with E-state index in [1.807, 2.05) is 0 Å². The summed E-state index contributed by atoms with van der Waals surface area (Å²) in [4.78, 5) is 20.6. The molecule has 0 fully saturated rings. The lowest BCUT2D eigenvalue weighted by molar-refractivity contribution is -0.140. The number of hydrogen-bond acceptors (Lipinski definition) is 3. The van der Waals surface area contributed by atoms with Crippen molar-refractivity contribution in [2.24, 2.45) is 5.92 Å². The fourth-order valence-corrected chi connectivity index (χ4v) is 1.14. The molecular formula is C8H16ClNO4. The van der Waals surface area contributed by atoms with Gasteiger partial charge in [-0.05, 0) is 25.9 Å². The van der Waals surface area contributed by atoms with Crippen LogP contribution in [0.2, 0.25) is 0 Å². The first-order valence-corrected chi connectivity index (χ1v) is 4.14. The van der Waals surface area contributed by atoms with Gasteiger partial charge in [-0.15, -0.1) is 12.4 Å². The Kier molecular flexibility index (Phi) is 9.81. The van der Waals surface area contributed by atoms with Crippen LogP contribution in [0.3, 0.4) is 0 Å². The molecule has 0 bridgehead atoms. The van der Waals surface area contributed by atoms with Gasteiger partial charge in [0.25, 0.3) is 0 Å². The highest BCUT2D eigenvalue weighted by molar-refractivity contribution is 5.85. The molecule has 0 aliphatic rings. The third kappa shape index (κ3) is 9.28. The Balaban J connectivity index is 0. The summed E-state index contributed by atoms with van der Waals surface area (Å²) >= 11 is 0. The molecule has 14 heavy (non-hydrogen) atoms. The van der Waals surface area contributed by atoms with Crippen molar-refractivity contribution in [1.82, 2.24) is 5.32 Å². The monoisotopic (exact) mass is 225 g/mol. The standard InChI is InChI=1S/C8H15NO4.ClH/c1-9-5-6(4-8(12)13)2-3-7(10)11;/h6,9H,2-5H2,1H3,(H,10,11)(H,12,13);1H. The first kappa shape index (κ1) is 15.7. The predicted octanol–water partition coefficient (Wildman–Crippen LogP) is 0.583. The van der Waals surface area contributed by atoms with E-state index in [1.165, 1.54) is 0 Å². The fraction of sp³-hybridized carbons (Fsp3) is 0.750. The molecule has 0 aliphatic carbocycles. The average Bonchev–Trinajstić information content (AvgIpc) is 1.99. The molecule has 0 aromatic carbocycles. The molecule has 1 unspecified atom stereocenters. The summed E-state index contributed by atoms with van der Waals surface area (Å²) in [6, 6.07) is 0. The number of rotatable bonds is 7. The topological polar surface area (TPSA) is 86.6 Å². The van der Waals surface area contributed by atoms with Crippen LogP contribution in [0, 0.1) is 5.92 Å². The zero-order valence-electron chi connectivity index (χ0n) is 8.02. The third-order valence-electron chi connectivity index (χ3n) is 1.72. The smallest absolute Gasteiger partial charge is 0.303 e. The molecule has 5 nitrogen and oxygen atoms in total. The summed E-state index contributed by atoms with van der Waals surface area (Å²) in [5.41, 5.74) is 0. The second-order valence-corrected chi connectivity index (χ2v) is 2.95. The molecule has 0 aromatic rings. The molecule has 0 heterocycles. The van der Waals surface area contributed by atoms with Gasteiger partial charge in [0.2, 0.25) is 0 Å². The van der Waals surface area contributed by atoms with Crippen LogP contribution < -0.4 is 5.32 Å². The lowest BCUT2D eigenvalue weighted by Gasteiger charge is -2.12. The highest BCUT2D eigenvalue weighted by Crippen LogP contribution is 2.10. The summed E-state index contributed by atoms with van der Waals surface area (Å²) in [6.07, 6.45) is 0.455. The van der Waals surface area contributed by atoms with Crippen molar-refractivity contribution < 1.29 is 19.8 Å². The SMILES string of the molecule is CNCC(CCC(=O)O)CC(=O)O.Cl. The molecule has 0 aliphatic heterocycles. The second kappa shape index (κ2) is 8.77. The highest BCUT2D eigenvalue weighted by atomic mass is 35.5. The van der Waals surface area contributed by atoms with Crippen LogP contribution in [0.25, 0.3) is 0 Å². The Morgan fingerprint density at radius 2 is 1.86 bits per heavy atom. The van der Waals surface area contributed by atoms with Gasteiger partial charge >= 0.3 is 11.9 Å². The van der Waals surface area contributed by atoms with E-state index >= 15 is 0 Å². The van der Waals surface area contributed by atoms with Crippen LogP contribution in [0.5, 0.6) is 0 Å². The van der Waals surface area contributed by atoms with Gasteiger partial charge in [-0.25, -0.2) is 0 Å². The van der Waals surface area contributed by atoms with Crippen LogP contribution in [0.1, 0.15) is 19.3 Å². The van der Waals surface area contributed by atoms with E-state index in [4.69, 9.17) is 10.2 Å². The van der Waals surface area contributed by atoms with Gasteiger partial charge in [0.05, 0.1) is 0 Å². The van der Waals surface area contributed by atoms with Gasteiger partial charge in [0, 0.05) is 12.8 Å². The number of nitrogens with one attached hydrogen (secondary N) is 1. The number of halogens is 1. The molecule has 0 amide bonds. The summed E-state index contributed by atoms with van der Waals surface area (Å²) in [6.45, 7) is 0.541. The second-order valence-electron chi connectivity index (χ2n) is 2.95. The van der Waals surface area contributed by atoms with Gasteiger partial charge in [-0.1, -0.05) is 0 Å². The Labute approximate surface area is 88.9 Å². The number of hydrogen-bond donors (Lipinski definition) is 3. The van der Waals surface area contributed by atoms with E-state index in [0.29, 0.717) is 13.0 Å². The summed E-state index contributed by atoms with van der Waals surface area (Å²) < 4.78 is 0. The van der Waals surface area contributed by atoms with E-state index in [1.54, 1.807) is 7.05 Å². The van der Waals surface area contributed by atoms with Gasteiger partial charge in [0.15, 0.2) is 0 Å². The molecular weight excluding hydrogens is 210 g/mol. The van der Waals surface area contributed by atoms with Crippen molar-refractivity contribution in [1.29, 1.82) is 0 Å². The minimum Gasteiger partial charge on any atom is -0.481 e. The summed E-state index contributed by atoms with van der Waals surface area (Å²) in [7, 11) is 1.72. The Hall–Kier alpha value is -0.810. The molecule has 6 heteroatoms. The maximum Gasteiger partial charge on any atom is 0.303 e. The van der Waals surface area contributed by atoms with Gasteiger partial charge in [0.1, 0.15) is 0 Å². The summed E-state index contributed by atoms with van der Waals surface area (Å²) in [5.74, 6) is -1.87. The summed E-state index contributed by atoms with van der Waals surface area (Å²) in [5, 5.41) is 19.7. The van der Waals surface area contributed by atoms with Crippen LogP contribution in [0.4, 0.5) is 0 Å². The van der Waals surface area contributed by atoms with E-state index in [2.05, 4.69) is 5.32 Å². The molecule has 84 valence electrons. The quantitative estimate of drug-likeness (QED) is 0.590. The van der Waals surface area contributed by atoms with Crippen LogP contribution in [-0.4, -0.2) is 35.7 Å². The maximum atomic E-state index is 10.4. The van der Waals surface area contributed by atoms with Crippen LogP contribution >= 0.6 is 12.4 Å². The van der Waals surface area contributed by atoms with E-state index in [0.717, 1.165) is 0 Å². The minimum absolute atomic E-state index is 0. The van der Waals surface area contributed by atoms with Crippen molar-refractivity contribution in [3.05, 3.63) is 0 Å². The van der Waals surface area contributed by atoms with Crippen molar-refractivity contribution >= 4 is 24.3 Å². The molecule has 0 saturated carbocycles. The van der Waals surface area contributed by atoms with Gasteiger partial charge in [-0.2, -0.15) is 0 Å². The molecule has 0 radical (unpaired) electrons. The van der Waals surface area contributed by atoms with Crippen molar-refractivity contribution in [2.45, 2.75) is 19.3 Å². The van der Waals surface area contributed by atoms with Crippen molar-refractivity contribution in [3.8, 4) is 0 Å². The maximum absolute atomic E-state index is 10.4. The van der Waals surface area contributed by atoms with Crippen molar-refractivity contribution in [2.75, 3.05) is 13.6 Å². The Morgan fingerprint density at radius 1 is 1.29 bits per heavy atom. The van der Waals surface area contributed by atoms with E-state index in [9.17, 15) is 9.59 Å². The zero-order valence-corrected chi connectivity index (χ0v) is 8.84. The number of carbonyl (C=O) groups is 2. The lowest BCUT2D eigenvalue weighted by Crippen LogP contribution is -2.22. The van der Waals surface area contributed by atoms with Crippen LogP contribution in [-0.2, 0) is 9.59 Å². The number of carboxylic acids is 2. The van der Waals surface area contributed by atoms with Crippen LogP contribution in [0.15, 0.2) is 0 Å². The largest absolute Gasteiger partial charge is 0.481 e. The molecule has 1 atom stereocenters. The fourth-order valence-electron chi connectivity index (χ4n) is 1.14. The zero-order chi connectivity index (χ0) is 10.3. The number of aliphatic carboxylic acids is 2. The lowest BCUT2D eigenvalue weighted by atomic mass is 9.99. The van der Waals surface area contributed by atoms with Gasteiger partial charge < -0.3 is 15.5 Å². The predicted molar refractivity (Wildman–Crippen MR) is 53.8 cm³/mol. The molecule has 0 aromatic heterocycles. The normalized spacial score (nSPS) is 11.5. The molecule has 0 saturated heterocycles. The molecule has 0 rings (SSSR count). The molecule has 3 N–H and O–H groups in total. The average molecular weight is 226 g/mol. The van der Waals surface area contributed by atoms with E-state index in [-0.39, 0.29) is 31.2 Å². The first-order chi connectivity index (χ1) is 6.06. The highest BCUT2D eigenvalue weighted by Gasteiger charge is 2.13. The first-order valence-electron chi connectivity index (χ1n) is 4.14. The Morgan fingerprint density at radius 3 is 2.21 bits per heavy atom.